The third-order valence-corrected chi connectivity index (χ3v) is 3.08. The zero-order valence-corrected chi connectivity index (χ0v) is 10.6. The van der Waals surface area contributed by atoms with Gasteiger partial charge in [-0.2, -0.15) is 0 Å². The summed E-state index contributed by atoms with van der Waals surface area (Å²) >= 11 is 0. The van der Waals surface area contributed by atoms with E-state index in [1.165, 1.54) is 0 Å². The summed E-state index contributed by atoms with van der Waals surface area (Å²) in [6, 6.07) is 0. The van der Waals surface area contributed by atoms with Gasteiger partial charge in [0.25, 0.3) is 0 Å². The Morgan fingerprint density at radius 3 is 2.50 bits per heavy atom. The Kier molecular flexibility index (Phi) is 6.67. The van der Waals surface area contributed by atoms with Crippen LogP contribution in [0.25, 0.3) is 0 Å². The van der Waals surface area contributed by atoms with E-state index in [0.29, 0.717) is 26.1 Å². The van der Waals surface area contributed by atoms with E-state index in [2.05, 4.69) is 0 Å². The molecule has 1 heterocycles. The molecule has 0 radical (unpaired) electrons. The molecular weight excluding hydrogens is 236 g/mol. The molecule has 104 valence electrons. The molecule has 6 nitrogen and oxygen atoms in total. The second-order valence-electron chi connectivity index (χ2n) is 4.53. The molecule has 1 aliphatic heterocycles. The topological polar surface area (TPSA) is 92.9 Å². The van der Waals surface area contributed by atoms with Crippen LogP contribution in [0.5, 0.6) is 0 Å². The minimum atomic E-state index is -0.949. The Hall–Kier alpha value is -1.14. The summed E-state index contributed by atoms with van der Waals surface area (Å²) in [6.07, 6.45) is 3.67. The van der Waals surface area contributed by atoms with Gasteiger partial charge >= 0.3 is 5.97 Å². The number of likely N-dealkylation sites (tertiary alicyclic amines) is 1. The maximum Gasteiger partial charge on any atom is 0.329 e. The highest BCUT2D eigenvalue weighted by Gasteiger charge is 2.23. The minimum Gasteiger partial charge on any atom is -0.480 e. The number of hydrogen-bond donors (Lipinski definition) is 2. The largest absolute Gasteiger partial charge is 0.480 e. The Labute approximate surface area is 107 Å². The van der Waals surface area contributed by atoms with Crippen LogP contribution in [0, 0.1) is 0 Å². The third kappa shape index (κ3) is 5.46. The Morgan fingerprint density at radius 2 is 1.94 bits per heavy atom. The first kappa shape index (κ1) is 14.9. The maximum atomic E-state index is 11.8. The van der Waals surface area contributed by atoms with Gasteiger partial charge in [0, 0.05) is 19.5 Å². The zero-order valence-electron chi connectivity index (χ0n) is 10.6. The number of carbonyl (C=O) groups excluding carboxylic acids is 1. The summed E-state index contributed by atoms with van der Waals surface area (Å²) < 4.78 is 5.22. The van der Waals surface area contributed by atoms with E-state index in [1.54, 1.807) is 0 Å². The summed E-state index contributed by atoms with van der Waals surface area (Å²) in [5.74, 6) is -0.782. The zero-order chi connectivity index (χ0) is 13.4. The Balaban J connectivity index is 2.17. The summed E-state index contributed by atoms with van der Waals surface area (Å²) in [4.78, 5) is 24.0. The van der Waals surface area contributed by atoms with Crippen LogP contribution < -0.4 is 5.73 Å². The molecule has 0 aliphatic carbocycles. The molecule has 0 saturated carbocycles. The van der Waals surface area contributed by atoms with Crippen molar-refractivity contribution in [2.75, 3.05) is 26.2 Å². The number of nitrogens with zero attached hydrogens (tertiary/aromatic N) is 1. The van der Waals surface area contributed by atoms with Crippen molar-refractivity contribution in [2.24, 2.45) is 5.73 Å². The molecule has 0 aromatic carbocycles. The standard InChI is InChI=1S/C12H22N2O4/c13-6-2-1-3-11(15)14-7-4-10(5-8-14)18-9-12(16)17/h10H,1-9,13H2,(H,16,17). The number of aliphatic carboxylic acids is 1. The second kappa shape index (κ2) is 8.05. The Bertz CT molecular complexity index is 275. The molecule has 1 saturated heterocycles. The predicted octanol–water partition coefficient (Wildman–Crippen LogP) is 0.208. The molecule has 0 spiro atoms. The van der Waals surface area contributed by atoms with Crippen molar-refractivity contribution in [2.45, 2.75) is 38.2 Å². The van der Waals surface area contributed by atoms with Crippen LogP contribution in [0.2, 0.25) is 0 Å². The quantitative estimate of drug-likeness (QED) is 0.637. The van der Waals surface area contributed by atoms with Crippen molar-refractivity contribution in [3.05, 3.63) is 0 Å². The normalized spacial score (nSPS) is 16.8. The number of unbranched alkanes of at least 4 members (excludes halogenated alkanes) is 1. The summed E-state index contributed by atoms with van der Waals surface area (Å²) in [6.45, 7) is 1.69. The first-order valence-electron chi connectivity index (χ1n) is 6.44. The highest BCUT2D eigenvalue weighted by atomic mass is 16.5. The molecule has 0 unspecified atom stereocenters. The molecule has 0 bridgehead atoms. The lowest BCUT2D eigenvalue weighted by Crippen LogP contribution is -2.41. The van der Waals surface area contributed by atoms with Crippen molar-refractivity contribution in [1.82, 2.24) is 4.90 Å². The lowest BCUT2D eigenvalue weighted by atomic mass is 10.1. The fraction of sp³-hybridized carbons (Fsp3) is 0.833. The molecule has 3 N–H and O–H groups in total. The number of piperidine rings is 1. The van der Waals surface area contributed by atoms with Crippen LogP contribution in [-0.4, -0.2) is 54.2 Å². The number of amides is 1. The third-order valence-electron chi connectivity index (χ3n) is 3.08. The van der Waals surface area contributed by atoms with Gasteiger partial charge in [-0.05, 0) is 32.2 Å². The highest BCUT2D eigenvalue weighted by Crippen LogP contribution is 2.15. The van der Waals surface area contributed by atoms with E-state index in [9.17, 15) is 9.59 Å². The van der Waals surface area contributed by atoms with Crippen LogP contribution in [0.1, 0.15) is 32.1 Å². The SMILES string of the molecule is NCCCCC(=O)N1CCC(OCC(=O)O)CC1. The maximum absolute atomic E-state index is 11.8. The first-order chi connectivity index (χ1) is 8.63. The van der Waals surface area contributed by atoms with Crippen LogP contribution in [0.3, 0.4) is 0 Å². The van der Waals surface area contributed by atoms with Gasteiger partial charge in [-0.3, -0.25) is 4.79 Å². The summed E-state index contributed by atoms with van der Waals surface area (Å²) in [5.41, 5.74) is 5.38. The number of carboxylic acids is 1. The van der Waals surface area contributed by atoms with E-state index in [0.717, 1.165) is 25.7 Å². The predicted molar refractivity (Wildman–Crippen MR) is 66.1 cm³/mol. The van der Waals surface area contributed by atoms with Gasteiger partial charge in [0.2, 0.25) is 5.91 Å². The number of ether oxygens (including phenoxy) is 1. The van der Waals surface area contributed by atoms with Crippen LogP contribution in [0.15, 0.2) is 0 Å². The summed E-state index contributed by atoms with van der Waals surface area (Å²) in [5, 5.41) is 8.51. The molecule has 6 heteroatoms. The fourth-order valence-electron chi connectivity index (χ4n) is 2.04. The molecule has 1 aliphatic rings. The van der Waals surface area contributed by atoms with E-state index in [1.807, 2.05) is 4.90 Å². The van der Waals surface area contributed by atoms with Gasteiger partial charge in [0.05, 0.1) is 6.10 Å². The van der Waals surface area contributed by atoms with E-state index >= 15 is 0 Å². The first-order valence-corrected chi connectivity index (χ1v) is 6.44. The molecule has 1 rings (SSSR count). The summed E-state index contributed by atoms with van der Waals surface area (Å²) in [7, 11) is 0. The van der Waals surface area contributed by atoms with E-state index in [-0.39, 0.29) is 18.6 Å². The molecule has 0 aromatic rings. The minimum absolute atomic E-state index is 0.0332. The lowest BCUT2D eigenvalue weighted by Gasteiger charge is -2.31. The number of hydrogen-bond acceptors (Lipinski definition) is 4. The Morgan fingerprint density at radius 1 is 1.28 bits per heavy atom. The van der Waals surface area contributed by atoms with Crippen molar-refractivity contribution < 1.29 is 19.4 Å². The van der Waals surface area contributed by atoms with Crippen LogP contribution >= 0.6 is 0 Å². The highest BCUT2D eigenvalue weighted by molar-refractivity contribution is 5.76. The molecular formula is C12H22N2O4. The van der Waals surface area contributed by atoms with Gasteiger partial charge in [-0.25, -0.2) is 4.79 Å². The van der Waals surface area contributed by atoms with E-state index in [4.69, 9.17) is 15.6 Å². The van der Waals surface area contributed by atoms with Crippen molar-refractivity contribution in [3.63, 3.8) is 0 Å². The fourth-order valence-corrected chi connectivity index (χ4v) is 2.04. The smallest absolute Gasteiger partial charge is 0.329 e. The van der Waals surface area contributed by atoms with Gasteiger partial charge < -0.3 is 20.5 Å². The van der Waals surface area contributed by atoms with Crippen molar-refractivity contribution in [1.29, 1.82) is 0 Å². The van der Waals surface area contributed by atoms with Gasteiger partial charge in [0.15, 0.2) is 0 Å². The number of nitrogens with two attached hydrogens (primary N) is 1. The molecule has 0 atom stereocenters. The van der Waals surface area contributed by atoms with E-state index < -0.39 is 5.97 Å². The molecule has 0 aromatic heterocycles. The number of carbonyl (C=O) groups is 2. The van der Waals surface area contributed by atoms with Crippen molar-refractivity contribution in [3.8, 4) is 0 Å². The number of rotatable bonds is 7. The average Bonchev–Trinajstić information content (AvgIpc) is 2.37. The van der Waals surface area contributed by atoms with Gasteiger partial charge in [0.1, 0.15) is 6.61 Å². The average molecular weight is 258 g/mol. The molecule has 1 amide bonds. The lowest BCUT2D eigenvalue weighted by molar-refractivity contribution is -0.146. The van der Waals surface area contributed by atoms with Crippen LogP contribution in [-0.2, 0) is 14.3 Å². The van der Waals surface area contributed by atoms with Crippen LogP contribution in [0.4, 0.5) is 0 Å². The second-order valence-corrected chi connectivity index (χ2v) is 4.53. The van der Waals surface area contributed by atoms with Gasteiger partial charge in [-0.1, -0.05) is 0 Å². The molecule has 1 fully saturated rings. The number of carboxylic acid groups (broad SMARTS) is 1. The molecule has 18 heavy (non-hydrogen) atoms. The van der Waals surface area contributed by atoms with Crippen molar-refractivity contribution >= 4 is 11.9 Å². The monoisotopic (exact) mass is 258 g/mol. The van der Waals surface area contributed by atoms with Gasteiger partial charge in [-0.15, -0.1) is 0 Å².